The Hall–Kier alpha value is -2.88. The Morgan fingerprint density at radius 1 is 1.18 bits per heavy atom. The highest BCUT2D eigenvalue weighted by atomic mass is 16.5. The standard InChI is InChI=1S/C18H14N2O2/c1-10-14-8-19-6-5-12(14)15(9-21)18-17(10)13-7-11(22-2)3-4-16(13)20-18/h3-9,20H,1-2H3. The summed E-state index contributed by atoms with van der Waals surface area (Å²) in [5.41, 5.74) is 3.65. The summed E-state index contributed by atoms with van der Waals surface area (Å²) in [5.74, 6) is 0.798. The molecular formula is C18H14N2O2. The van der Waals surface area contributed by atoms with Gasteiger partial charge in [0.2, 0.25) is 0 Å². The highest BCUT2D eigenvalue weighted by Crippen LogP contribution is 2.37. The van der Waals surface area contributed by atoms with Gasteiger partial charge in [-0.05, 0) is 42.1 Å². The molecule has 4 heteroatoms. The van der Waals surface area contributed by atoms with E-state index in [1.54, 1.807) is 13.3 Å². The summed E-state index contributed by atoms with van der Waals surface area (Å²) in [5, 5.41) is 4.03. The molecule has 0 saturated carbocycles. The van der Waals surface area contributed by atoms with E-state index in [1.807, 2.05) is 30.5 Å². The minimum Gasteiger partial charge on any atom is -0.497 e. The first-order valence-corrected chi connectivity index (χ1v) is 7.05. The fourth-order valence-corrected chi connectivity index (χ4v) is 3.21. The van der Waals surface area contributed by atoms with Crippen molar-refractivity contribution in [2.45, 2.75) is 6.92 Å². The molecule has 108 valence electrons. The van der Waals surface area contributed by atoms with Crippen molar-refractivity contribution in [1.29, 1.82) is 0 Å². The number of hydrogen-bond donors (Lipinski definition) is 1. The van der Waals surface area contributed by atoms with Crippen molar-refractivity contribution in [2.24, 2.45) is 0 Å². The van der Waals surface area contributed by atoms with E-state index < -0.39 is 0 Å². The molecule has 0 fully saturated rings. The molecule has 0 aliphatic heterocycles. The third-order valence-corrected chi connectivity index (χ3v) is 4.28. The van der Waals surface area contributed by atoms with Crippen molar-refractivity contribution in [2.75, 3.05) is 7.11 Å². The van der Waals surface area contributed by atoms with Gasteiger partial charge in [0.05, 0.1) is 12.6 Å². The normalized spacial score (nSPS) is 11.4. The van der Waals surface area contributed by atoms with E-state index in [1.165, 1.54) is 0 Å². The maximum atomic E-state index is 11.7. The molecule has 0 spiro atoms. The lowest BCUT2D eigenvalue weighted by Crippen LogP contribution is -1.91. The summed E-state index contributed by atoms with van der Waals surface area (Å²) in [7, 11) is 1.65. The minimum absolute atomic E-state index is 0.674. The molecule has 0 aliphatic rings. The van der Waals surface area contributed by atoms with Crippen molar-refractivity contribution >= 4 is 38.9 Å². The second-order valence-corrected chi connectivity index (χ2v) is 5.36. The summed E-state index contributed by atoms with van der Waals surface area (Å²) >= 11 is 0. The molecule has 1 N–H and O–H groups in total. The number of fused-ring (bicyclic) bond motifs is 4. The first-order valence-electron chi connectivity index (χ1n) is 7.05. The van der Waals surface area contributed by atoms with Crippen LogP contribution in [0.4, 0.5) is 0 Å². The average molecular weight is 290 g/mol. The molecule has 0 unspecified atom stereocenters. The predicted molar refractivity (Wildman–Crippen MR) is 87.8 cm³/mol. The van der Waals surface area contributed by atoms with Crippen LogP contribution in [-0.4, -0.2) is 23.4 Å². The molecule has 0 atom stereocenters. The zero-order valence-electron chi connectivity index (χ0n) is 12.3. The molecule has 2 aromatic carbocycles. The Balaban J connectivity index is 2.31. The van der Waals surface area contributed by atoms with Crippen molar-refractivity contribution in [3.05, 3.63) is 47.8 Å². The lowest BCUT2D eigenvalue weighted by Gasteiger charge is -2.07. The van der Waals surface area contributed by atoms with Crippen LogP contribution in [0, 0.1) is 6.92 Å². The molecule has 0 aliphatic carbocycles. The molecule has 4 nitrogen and oxygen atoms in total. The third kappa shape index (κ3) is 1.58. The maximum absolute atomic E-state index is 11.7. The molecule has 2 heterocycles. The highest BCUT2D eigenvalue weighted by Gasteiger charge is 2.16. The van der Waals surface area contributed by atoms with Crippen LogP contribution in [-0.2, 0) is 0 Å². The number of aromatic nitrogens is 2. The minimum atomic E-state index is 0.674. The van der Waals surface area contributed by atoms with E-state index in [0.29, 0.717) is 5.56 Å². The van der Waals surface area contributed by atoms with Crippen LogP contribution < -0.4 is 4.74 Å². The van der Waals surface area contributed by atoms with Crippen LogP contribution >= 0.6 is 0 Å². The van der Waals surface area contributed by atoms with Crippen LogP contribution in [0.1, 0.15) is 15.9 Å². The third-order valence-electron chi connectivity index (χ3n) is 4.28. The molecule has 0 saturated heterocycles. The number of nitrogens with zero attached hydrogens (tertiary/aromatic N) is 1. The van der Waals surface area contributed by atoms with E-state index in [4.69, 9.17) is 4.74 Å². The van der Waals surface area contributed by atoms with Gasteiger partial charge >= 0.3 is 0 Å². The Labute approximate surface area is 126 Å². The lowest BCUT2D eigenvalue weighted by atomic mass is 9.97. The topological polar surface area (TPSA) is 55.0 Å². The number of nitrogens with one attached hydrogen (secondary N) is 1. The van der Waals surface area contributed by atoms with Gasteiger partial charge in [-0.25, -0.2) is 0 Å². The number of aromatic amines is 1. The number of rotatable bonds is 2. The van der Waals surface area contributed by atoms with E-state index in [2.05, 4.69) is 16.9 Å². The summed E-state index contributed by atoms with van der Waals surface area (Å²) in [6.45, 7) is 2.06. The van der Waals surface area contributed by atoms with E-state index in [9.17, 15) is 4.79 Å². The second kappa shape index (κ2) is 4.56. The second-order valence-electron chi connectivity index (χ2n) is 5.36. The number of methoxy groups -OCH3 is 1. The number of benzene rings is 2. The Morgan fingerprint density at radius 2 is 2.05 bits per heavy atom. The molecule has 0 amide bonds. The fourth-order valence-electron chi connectivity index (χ4n) is 3.21. The summed E-state index contributed by atoms with van der Waals surface area (Å²) in [6.07, 6.45) is 4.44. The highest BCUT2D eigenvalue weighted by molar-refractivity contribution is 6.21. The van der Waals surface area contributed by atoms with Gasteiger partial charge < -0.3 is 9.72 Å². The van der Waals surface area contributed by atoms with Gasteiger partial charge in [-0.1, -0.05) is 0 Å². The van der Waals surface area contributed by atoms with Gasteiger partial charge in [-0.2, -0.15) is 0 Å². The van der Waals surface area contributed by atoms with Crippen LogP contribution in [0.15, 0.2) is 36.7 Å². The number of carbonyl (C=O) groups excluding carboxylic acids is 1. The number of ether oxygens (including phenoxy) is 1. The van der Waals surface area contributed by atoms with E-state index in [0.717, 1.165) is 50.2 Å². The van der Waals surface area contributed by atoms with Crippen molar-refractivity contribution in [3.8, 4) is 5.75 Å². The van der Waals surface area contributed by atoms with Crippen LogP contribution in [0.3, 0.4) is 0 Å². The largest absolute Gasteiger partial charge is 0.497 e. The van der Waals surface area contributed by atoms with Crippen LogP contribution in [0.25, 0.3) is 32.6 Å². The number of aldehydes is 1. The van der Waals surface area contributed by atoms with Gasteiger partial charge in [0.15, 0.2) is 6.29 Å². The summed E-state index contributed by atoms with van der Waals surface area (Å²) in [4.78, 5) is 19.3. The number of aryl methyl sites for hydroxylation is 1. The summed E-state index contributed by atoms with van der Waals surface area (Å²) in [6, 6.07) is 7.77. The van der Waals surface area contributed by atoms with Gasteiger partial charge in [-0.15, -0.1) is 0 Å². The molecule has 0 radical (unpaired) electrons. The first kappa shape index (κ1) is 12.8. The Bertz CT molecular complexity index is 1050. The van der Waals surface area contributed by atoms with Gasteiger partial charge in [0.1, 0.15) is 5.75 Å². The van der Waals surface area contributed by atoms with E-state index >= 15 is 0 Å². The molecule has 22 heavy (non-hydrogen) atoms. The maximum Gasteiger partial charge on any atom is 0.152 e. The Kier molecular flexibility index (Phi) is 2.66. The van der Waals surface area contributed by atoms with Crippen molar-refractivity contribution in [1.82, 2.24) is 9.97 Å². The molecular weight excluding hydrogens is 276 g/mol. The first-order chi connectivity index (χ1) is 10.7. The van der Waals surface area contributed by atoms with Crippen LogP contribution in [0.5, 0.6) is 5.75 Å². The number of carbonyl (C=O) groups is 1. The van der Waals surface area contributed by atoms with Gasteiger partial charge in [0, 0.05) is 39.6 Å². The monoisotopic (exact) mass is 290 g/mol. The number of pyridine rings is 1. The van der Waals surface area contributed by atoms with Gasteiger partial charge in [-0.3, -0.25) is 9.78 Å². The van der Waals surface area contributed by atoms with E-state index in [-0.39, 0.29) is 0 Å². The zero-order chi connectivity index (χ0) is 15.3. The molecule has 2 aromatic heterocycles. The molecule has 4 rings (SSSR count). The smallest absolute Gasteiger partial charge is 0.152 e. The average Bonchev–Trinajstić information content (AvgIpc) is 2.94. The fraction of sp³-hybridized carbons (Fsp3) is 0.111. The predicted octanol–water partition coefficient (Wildman–Crippen LogP) is 4.00. The SMILES string of the molecule is COc1ccc2[nH]c3c(C=O)c4ccncc4c(C)c3c2c1. The number of hydrogen-bond acceptors (Lipinski definition) is 3. The zero-order valence-corrected chi connectivity index (χ0v) is 12.3. The lowest BCUT2D eigenvalue weighted by molar-refractivity contribution is 0.112. The van der Waals surface area contributed by atoms with Crippen molar-refractivity contribution < 1.29 is 9.53 Å². The van der Waals surface area contributed by atoms with Crippen molar-refractivity contribution in [3.63, 3.8) is 0 Å². The van der Waals surface area contributed by atoms with Gasteiger partial charge in [0.25, 0.3) is 0 Å². The van der Waals surface area contributed by atoms with Crippen LogP contribution in [0.2, 0.25) is 0 Å². The summed E-state index contributed by atoms with van der Waals surface area (Å²) < 4.78 is 5.33. The molecule has 4 aromatic rings. The number of H-pyrrole nitrogens is 1. The Morgan fingerprint density at radius 3 is 2.82 bits per heavy atom. The molecule has 0 bridgehead atoms. The quantitative estimate of drug-likeness (QED) is 0.568.